The molecule has 118 valence electrons. The molecule has 2 N–H and O–H groups in total. The Morgan fingerprint density at radius 1 is 1.24 bits per heavy atom. The molecule has 0 saturated carbocycles. The van der Waals surface area contributed by atoms with Crippen LogP contribution in [0.15, 0.2) is 24.3 Å². The molecule has 1 aromatic carbocycles. The maximum absolute atomic E-state index is 12.5. The summed E-state index contributed by atoms with van der Waals surface area (Å²) in [6, 6.07) is 7.83. The Labute approximate surface area is 142 Å². The second-order valence-electron chi connectivity index (χ2n) is 5.07. The largest absolute Gasteiger partial charge is 0.332 e. The monoisotopic (exact) mass is 351 g/mol. The van der Waals surface area contributed by atoms with Crippen LogP contribution in [0.1, 0.15) is 18.0 Å². The molecule has 7 heteroatoms. The zero-order chi connectivity index (χ0) is 13.2. The fourth-order valence-corrected chi connectivity index (χ4v) is 2.95. The summed E-state index contributed by atoms with van der Waals surface area (Å²) in [5.74, 6) is 0.206. The van der Waals surface area contributed by atoms with Gasteiger partial charge in [0.1, 0.15) is 0 Å². The third-order valence-electron chi connectivity index (χ3n) is 3.91. The minimum Gasteiger partial charge on any atom is -0.332 e. The highest BCUT2D eigenvalue weighted by Gasteiger charge is 2.35. The molecule has 2 aliphatic heterocycles. The topological polar surface area (TPSA) is 44.4 Å². The fraction of sp³-hybridized carbons (Fsp3) is 0.500. The zero-order valence-corrected chi connectivity index (χ0v) is 13.9. The van der Waals surface area contributed by atoms with Crippen molar-refractivity contribution in [2.75, 3.05) is 26.2 Å². The highest BCUT2D eigenvalue weighted by atomic mass is 35.5. The Hall–Kier alpha value is -0.520. The first-order valence-electron chi connectivity index (χ1n) is 6.76. The van der Waals surface area contributed by atoms with Gasteiger partial charge in [-0.05, 0) is 24.6 Å². The van der Waals surface area contributed by atoms with Crippen LogP contribution in [0, 0.1) is 0 Å². The smallest absolute Gasteiger partial charge is 0.240 e. The number of amides is 1. The van der Waals surface area contributed by atoms with Gasteiger partial charge in [0.15, 0.2) is 0 Å². The molecule has 21 heavy (non-hydrogen) atoms. The van der Waals surface area contributed by atoms with Crippen LogP contribution in [-0.2, 0) is 4.79 Å². The van der Waals surface area contributed by atoms with E-state index in [0.717, 1.165) is 43.2 Å². The molecule has 0 aliphatic carbocycles. The lowest BCUT2D eigenvalue weighted by Gasteiger charge is -2.41. The zero-order valence-electron chi connectivity index (χ0n) is 11.5. The molecule has 2 fully saturated rings. The molecule has 2 heterocycles. The molecule has 3 rings (SSSR count). The summed E-state index contributed by atoms with van der Waals surface area (Å²) in [6.07, 6.45) is 0.942. The molecular formula is C14H20Cl3N3O. The van der Waals surface area contributed by atoms with E-state index in [1.807, 2.05) is 29.2 Å². The third kappa shape index (κ3) is 3.82. The van der Waals surface area contributed by atoms with Crippen molar-refractivity contribution in [1.29, 1.82) is 0 Å². The average Bonchev–Trinajstić information content (AvgIpc) is 2.37. The van der Waals surface area contributed by atoms with E-state index in [-0.39, 0.29) is 42.8 Å². The van der Waals surface area contributed by atoms with Crippen molar-refractivity contribution in [2.24, 2.45) is 0 Å². The van der Waals surface area contributed by atoms with Crippen LogP contribution in [0.2, 0.25) is 5.02 Å². The Kier molecular flexibility index (Phi) is 7.24. The van der Waals surface area contributed by atoms with E-state index in [1.165, 1.54) is 0 Å². The molecule has 4 nitrogen and oxygen atoms in total. The first kappa shape index (κ1) is 18.5. The lowest BCUT2D eigenvalue weighted by molar-refractivity contribution is -0.138. The minimum absolute atomic E-state index is 0. The maximum Gasteiger partial charge on any atom is 0.240 e. The third-order valence-corrected chi connectivity index (χ3v) is 4.26. The van der Waals surface area contributed by atoms with Gasteiger partial charge in [0.25, 0.3) is 0 Å². The van der Waals surface area contributed by atoms with E-state index in [9.17, 15) is 4.79 Å². The van der Waals surface area contributed by atoms with Gasteiger partial charge in [-0.15, -0.1) is 24.8 Å². The number of carbonyl (C=O) groups excluding carboxylic acids is 1. The summed E-state index contributed by atoms with van der Waals surface area (Å²) < 4.78 is 0. The van der Waals surface area contributed by atoms with Crippen LogP contribution in [0.25, 0.3) is 0 Å². The van der Waals surface area contributed by atoms with Gasteiger partial charge in [-0.25, -0.2) is 0 Å². The number of piperazine rings is 1. The van der Waals surface area contributed by atoms with Gasteiger partial charge in [-0.2, -0.15) is 0 Å². The summed E-state index contributed by atoms with van der Waals surface area (Å²) in [4.78, 5) is 14.4. The summed E-state index contributed by atoms with van der Waals surface area (Å²) >= 11 is 6.27. The number of hydrogen-bond acceptors (Lipinski definition) is 3. The second-order valence-corrected chi connectivity index (χ2v) is 5.48. The second kappa shape index (κ2) is 8.20. The molecule has 1 amide bonds. The first-order chi connectivity index (χ1) is 9.27. The number of nitrogens with zero attached hydrogens (tertiary/aromatic N) is 1. The molecule has 2 saturated heterocycles. The van der Waals surface area contributed by atoms with E-state index in [1.54, 1.807) is 0 Å². The molecule has 2 atom stereocenters. The van der Waals surface area contributed by atoms with Crippen LogP contribution in [0.3, 0.4) is 0 Å². The molecule has 0 spiro atoms. The van der Waals surface area contributed by atoms with E-state index in [2.05, 4.69) is 10.6 Å². The van der Waals surface area contributed by atoms with Gasteiger partial charge in [0, 0.05) is 24.7 Å². The highest BCUT2D eigenvalue weighted by Crippen LogP contribution is 2.29. The SMILES string of the molecule is Cl.Cl.O=C([C@H]1CCN1)N1CCNCC1c1ccccc1Cl. The minimum atomic E-state index is 0. The van der Waals surface area contributed by atoms with Gasteiger partial charge >= 0.3 is 0 Å². The van der Waals surface area contributed by atoms with Crippen molar-refractivity contribution in [3.8, 4) is 0 Å². The maximum atomic E-state index is 12.5. The lowest BCUT2D eigenvalue weighted by Crippen LogP contribution is -2.58. The Morgan fingerprint density at radius 2 is 1.95 bits per heavy atom. The predicted octanol–water partition coefficient (Wildman–Crippen LogP) is 2.02. The number of rotatable bonds is 2. The quantitative estimate of drug-likeness (QED) is 0.856. The van der Waals surface area contributed by atoms with Crippen LogP contribution >= 0.6 is 36.4 Å². The highest BCUT2D eigenvalue weighted by molar-refractivity contribution is 6.31. The first-order valence-corrected chi connectivity index (χ1v) is 7.14. The van der Waals surface area contributed by atoms with Crippen LogP contribution < -0.4 is 10.6 Å². The number of halogens is 3. The normalized spacial score (nSPS) is 24.3. The van der Waals surface area contributed by atoms with Gasteiger partial charge in [-0.3, -0.25) is 4.79 Å². The van der Waals surface area contributed by atoms with E-state index in [0.29, 0.717) is 0 Å². The van der Waals surface area contributed by atoms with Gasteiger partial charge in [0.05, 0.1) is 12.1 Å². The number of nitrogens with one attached hydrogen (secondary N) is 2. The van der Waals surface area contributed by atoms with Crippen molar-refractivity contribution in [2.45, 2.75) is 18.5 Å². The molecule has 0 bridgehead atoms. The molecule has 0 radical (unpaired) electrons. The predicted molar refractivity (Wildman–Crippen MR) is 89.7 cm³/mol. The lowest BCUT2D eigenvalue weighted by atomic mass is 9.99. The number of benzene rings is 1. The summed E-state index contributed by atoms with van der Waals surface area (Å²) in [6.45, 7) is 3.30. The van der Waals surface area contributed by atoms with Crippen LogP contribution in [-0.4, -0.2) is 43.0 Å². The Balaban J connectivity index is 0.00000110. The van der Waals surface area contributed by atoms with Crippen molar-refractivity contribution >= 4 is 42.3 Å². The van der Waals surface area contributed by atoms with E-state index in [4.69, 9.17) is 11.6 Å². The number of carbonyl (C=O) groups is 1. The fourth-order valence-electron chi connectivity index (χ4n) is 2.69. The molecule has 1 aromatic rings. The van der Waals surface area contributed by atoms with Crippen molar-refractivity contribution in [3.05, 3.63) is 34.9 Å². The molecule has 1 unspecified atom stereocenters. The molecule has 0 aromatic heterocycles. The Bertz CT molecular complexity index is 482. The van der Waals surface area contributed by atoms with Gasteiger partial charge in [-0.1, -0.05) is 29.8 Å². The van der Waals surface area contributed by atoms with Gasteiger partial charge < -0.3 is 15.5 Å². The van der Waals surface area contributed by atoms with Gasteiger partial charge in [0.2, 0.25) is 5.91 Å². The van der Waals surface area contributed by atoms with Crippen LogP contribution in [0.5, 0.6) is 0 Å². The molecule has 2 aliphatic rings. The molecular weight excluding hydrogens is 333 g/mol. The van der Waals surface area contributed by atoms with Crippen molar-refractivity contribution < 1.29 is 4.79 Å². The summed E-state index contributed by atoms with van der Waals surface area (Å²) in [5, 5.41) is 7.26. The van der Waals surface area contributed by atoms with Crippen molar-refractivity contribution in [3.63, 3.8) is 0 Å². The summed E-state index contributed by atoms with van der Waals surface area (Å²) in [7, 11) is 0. The Morgan fingerprint density at radius 3 is 2.57 bits per heavy atom. The number of hydrogen-bond donors (Lipinski definition) is 2. The summed E-state index contributed by atoms with van der Waals surface area (Å²) in [5.41, 5.74) is 1.03. The average molecular weight is 353 g/mol. The van der Waals surface area contributed by atoms with Crippen LogP contribution in [0.4, 0.5) is 0 Å². The van der Waals surface area contributed by atoms with E-state index < -0.39 is 0 Å². The van der Waals surface area contributed by atoms with Crippen molar-refractivity contribution in [1.82, 2.24) is 15.5 Å². The standard InChI is InChI=1S/C14H18ClN3O.2ClH/c15-11-4-2-1-3-10(11)13-9-16-7-8-18(13)14(19)12-5-6-17-12;;/h1-4,12-13,16-17H,5-9H2;2*1H/t12-,13?;;/m1../s1. The van der Waals surface area contributed by atoms with E-state index >= 15 is 0 Å².